The van der Waals surface area contributed by atoms with E-state index in [4.69, 9.17) is 4.74 Å². The SMILES string of the molecule is COc1cccc(C2CCCN2C(=O)CNC2CCCCC2C(C)(C)C)c1. The Morgan fingerprint density at radius 2 is 1.96 bits per heavy atom. The van der Waals surface area contributed by atoms with Crippen LogP contribution in [0.1, 0.15) is 70.9 Å². The molecule has 3 atom stereocenters. The maximum Gasteiger partial charge on any atom is 0.237 e. The Labute approximate surface area is 164 Å². The Hall–Kier alpha value is -1.55. The second kappa shape index (κ2) is 8.64. The van der Waals surface area contributed by atoms with Gasteiger partial charge in [-0.3, -0.25) is 4.79 Å². The van der Waals surface area contributed by atoms with Crippen LogP contribution in [0.4, 0.5) is 0 Å². The summed E-state index contributed by atoms with van der Waals surface area (Å²) in [5.41, 5.74) is 1.48. The van der Waals surface area contributed by atoms with E-state index in [9.17, 15) is 4.79 Å². The molecule has 2 aliphatic rings. The maximum atomic E-state index is 13.0. The minimum absolute atomic E-state index is 0.180. The minimum Gasteiger partial charge on any atom is -0.497 e. The Balaban J connectivity index is 1.62. The second-order valence-corrected chi connectivity index (χ2v) is 9.27. The molecule has 150 valence electrons. The van der Waals surface area contributed by atoms with Gasteiger partial charge in [0.1, 0.15) is 5.75 Å². The number of nitrogens with zero attached hydrogens (tertiary/aromatic N) is 1. The first-order chi connectivity index (χ1) is 12.9. The third-order valence-electron chi connectivity index (χ3n) is 6.45. The Kier molecular flexibility index (Phi) is 6.46. The summed E-state index contributed by atoms with van der Waals surface area (Å²) in [7, 11) is 1.69. The molecular weight excluding hydrogens is 336 g/mol. The van der Waals surface area contributed by atoms with E-state index in [1.54, 1.807) is 7.11 Å². The molecule has 0 aromatic heterocycles. The Bertz CT molecular complexity index is 638. The summed E-state index contributed by atoms with van der Waals surface area (Å²) in [6.45, 7) is 8.31. The summed E-state index contributed by atoms with van der Waals surface area (Å²) >= 11 is 0. The van der Waals surface area contributed by atoms with Gasteiger partial charge in [-0.15, -0.1) is 0 Å². The number of rotatable bonds is 5. The minimum atomic E-state index is 0.180. The predicted molar refractivity (Wildman–Crippen MR) is 110 cm³/mol. The number of ether oxygens (including phenoxy) is 1. The van der Waals surface area contributed by atoms with Gasteiger partial charge >= 0.3 is 0 Å². The van der Waals surface area contributed by atoms with Gasteiger partial charge in [-0.25, -0.2) is 0 Å². The highest BCUT2D eigenvalue weighted by Crippen LogP contribution is 2.38. The number of amides is 1. The number of benzene rings is 1. The zero-order chi connectivity index (χ0) is 19.4. The summed E-state index contributed by atoms with van der Waals surface area (Å²) in [6, 6.07) is 8.80. The summed E-state index contributed by atoms with van der Waals surface area (Å²) in [5, 5.41) is 3.63. The van der Waals surface area contributed by atoms with E-state index in [0.29, 0.717) is 18.5 Å². The molecular formula is C23H36N2O2. The van der Waals surface area contributed by atoms with Crippen LogP contribution < -0.4 is 10.1 Å². The fourth-order valence-corrected chi connectivity index (χ4v) is 4.99. The lowest BCUT2D eigenvalue weighted by atomic mass is 9.69. The average molecular weight is 373 g/mol. The molecule has 4 heteroatoms. The van der Waals surface area contributed by atoms with Crippen molar-refractivity contribution in [2.24, 2.45) is 11.3 Å². The van der Waals surface area contributed by atoms with E-state index in [1.165, 1.54) is 31.2 Å². The van der Waals surface area contributed by atoms with Gasteiger partial charge in [-0.2, -0.15) is 0 Å². The van der Waals surface area contributed by atoms with Crippen molar-refractivity contribution in [3.05, 3.63) is 29.8 Å². The van der Waals surface area contributed by atoms with Crippen LogP contribution in [0, 0.1) is 11.3 Å². The number of carbonyl (C=O) groups is 1. The van der Waals surface area contributed by atoms with Gasteiger partial charge in [-0.05, 0) is 54.7 Å². The monoisotopic (exact) mass is 372 g/mol. The largest absolute Gasteiger partial charge is 0.497 e. The highest BCUT2D eigenvalue weighted by molar-refractivity contribution is 5.79. The molecule has 1 saturated carbocycles. The molecule has 1 aliphatic carbocycles. The number of likely N-dealkylation sites (tertiary alicyclic amines) is 1. The second-order valence-electron chi connectivity index (χ2n) is 9.27. The quantitative estimate of drug-likeness (QED) is 0.824. The van der Waals surface area contributed by atoms with Crippen LogP contribution in [-0.2, 0) is 4.79 Å². The van der Waals surface area contributed by atoms with Crippen LogP contribution in [0.25, 0.3) is 0 Å². The Morgan fingerprint density at radius 3 is 2.70 bits per heavy atom. The van der Waals surface area contributed by atoms with Gasteiger partial charge in [0.05, 0.1) is 19.7 Å². The van der Waals surface area contributed by atoms with E-state index in [1.807, 2.05) is 12.1 Å². The molecule has 1 aromatic rings. The van der Waals surface area contributed by atoms with Gasteiger partial charge in [-0.1, -0.05) is 45.7 Å². The molecule has 27 heavy (non-hydrogen) atoms. The van der Waals surface area contributed by atoms with Crippen molar-refractivity contribution in [1.29, 1.82) is 0 Å². The van der Waals surface area contributed by atoms with Crippen molar-refractivity contribution in [2.75, 3.05) is 20.2 Å². The lowest BCUT2D eigenvalue weighted by molar-refractivity contribution is -0.131. The number of hydrogen-bond acceptors (Lipinski definition) is 3. The van der Waals surface area contributed by atoms with Crippen molar-refractivity contribution < 1.29 is 9.53 Å². The zero-order valence-electron chi connectivity index (χ0n) is 17.5. The van der Waals surface area contributed by atoms with Crippen LogP contribution in [0.5, 0.6) is 5.75 Å². The first kappa shape index (κ1) is 20.2. The van der Waals surface area contributed by atoms with Crippen LogP contribution >= 0.6 is 0 Å². The fourth-order valence-electron chi connectivity index (χ4n) is 4.99. The highest BCUT2D eigenvalue weighted by atomic mass is 16.5. The lowest BCUT2D eigenvalue weighted by Crippen LogP contribution is -2.48. The third kappa shape index (κ3) is 4.84. The van der Waals surface area contributed by atoms with Crippen LogP contribution in [0.2, 0.25) is 0 Å². The molecule has 1 aliphatic heterocycles. The summed E-state index contributed by atoms with van der Waals surface area (Å²) in [4.78, 5) is 15.1. The summed E-state index contributed by atoms with van der Waals surface area (Å²) < 4.78 is 5.36. The van der Waals surface area contributed by atoms with Crippen molar-refractivity contribution in [3.63, 3.8) is 0 Å². The molecule has 4 nitrogen and oxygen atoms in total. The third-order valence-corrected chi connectivity index (χ3v) is 6.45. The molecule has 3 rings (SSSR count). The topological polar surface area (TPSA) is 41.6 Å². The normalized spacial score (nSPS) is 26.2. The molecule has 3 unspecified atom stereocenters. The summed E-state index contributed by atoms with van der Waals surface area (Å²) in [6.07, 6.45) is 7.15. The number of methoxy groups -OCH3 is 1. The van der Waals surface area contributed by atoms with Gasteiger partial charge in [0, 0.05) is 12.6 Å². The van der Waals surface area contributed by atoms with Crippen LogP contribution in [0.3, 0.4) is 0 Å². The van der Waals surface area contributed by atoms with Crippen LogP contribution in [-0.4, -0.2) is 37.0 Å². The molecule has 1 saturated heterocycles. The molecule has 1 N–H and O–H groups in total. The van der Waals surface area contributed by atoms with Crippen molar-refractivity contribution in [3.8, 4) is 5.75 Å². The lowest BCUT2D eigenvalue weighted by Gasteiger charge is -2.41. The van der Waals surface area contributed by atoms with Crippen molar-refractivity contribution >= 4 is 5.91 Å². The van der Waals surface area contributed by atoms with Crippen molar-refractivity contribution in [1.82, 2.24) is 10.2 Å². The summed E-state index contributed by atoms with van der Waals surface area (Å²) in [5.74, 6) is 1.74. The first-order valence-corrected chi connectivity index (χ1v) is 10.6. The van der Waals surface area contributed by atoms with Gasteiger partial charge in [0.25, 0.3) is 0 Å². The first-order valence-electron chi connectivity index (χ1n) is 10.6. The van der Waals surface area contributed by atoms with E-state index in [0.717, 1.165) is 25.1 Å². The Morgan fingerprint density at radius 1 is 1.19 bits per heavy atom. The van der Waals surface area contributed by atoms with Gasteiger partial charge in [0.2, 0.25) is 5.91 Å². The van der Waals surface area contributed by atoms with E-state index in [2.05, 4.69) is 43.1 Å². The highest BCUT2D eigenvalue weighted by Gasteiger charge is 2.35. The molecule has 0 spiro atoms. The zero-order valence-corrected chi connectivity index (χ0v) is 17.5. The van der Waals surface area contributed by atoms with Crippen molar-refractivity contribution in [2.45, 2.75) is 71.4 Å². The molecule has 1 amide bonds. The fraction of sp³-hybridized carbons (Fsp3) is 0.696. The number of hydrogen-bond donors (Lipinski definition) is 1. The van der Waals surface area contributed by atoms with E-state index in [-0.39, 0.29) is 17.4 Å². The molecule has 0 bridgehead atoms. The molecule has 0 radical (unpaired) electrons. The number of carbonyl (C=O) groups excluding carboxylic acids is 1. The maximum absolute atomic E-state index is 13.0. The standard InChI is InChI=1S/C23H36N2O2/c1-23(2,3)19-11-5-6-12-20(19)24-16-22(26)25-14-8-13-21(25)17-9-7-10-18(15-17)27-4/h7,9-10,15,19-21,24H,5-6,8,11-14,16H2,1-4H3. The van der Waals surface area contributed by atoms with E-state index < -0.39 is 0 Å². The number of nitrogens with one attached hydrogen (secondary N) is 1. The molecule has 1 heterocycles. The average Bonchev–Trinajstić information content (AvgIpc) is 3.15. The molecule has 2 fully saturated rings. The molecule has 1 aromatic carbocycles. The van der Waals surface area contributed by atoms with E-state index >= 15 is 0 Å². The predicted octanol–water partition coefficient (Wildman–Crippen LogP) is 4.55. The van der Waals surface area contributed by atoms with Gasteiger partial charge < -0.3 is 15.0 Å². The van der Waals surface area contributed by atoms with Crippen LogP contribution in [0.15, 0.2) is 24.3 Å². The van der Waals surface area contributed by atoms with Gasteiger partial charge in [0.15, 0.2) is 0 Å². The smallest absolute Gasteiger partial charge is 0.237 e.